The van der Waals surface area contributed by atoms with Gasteiger partial charge in [-0.1, -0.05) is 0 Å². The van der Waals surface area contributed by atoms with Gasteiger partial charge in [0.25, 0.3) is 0 Å². The molecule has 0 aliphatic heterocycles. The predicted octanol–water partition coefficient (Wildman–Crippen LogP) is 2.03. The maximum atomic E-state index is 4.39. The predicted molar refractivity (Wildman–Crippen MR) is 59.6 cm³/mol. The molecule has 0 amide bonds. The third-order valence-corrected chi connectivity index (χ3v) is 2.25. The van der Waals surface area contributed by atoms with Crippen LogP contribution in [0.1, 0.15) is 17.1 Å². The van der Waals surface area contributed by atoms with Crippen molar-refractivity contribution in [3.05, 3.63) is 41.5 Å². The van der Waals surface area contributed by atoms with Crippen LogP contribution in [0, 0.1) is 13.8 Å². The number of H-pyrrole nitrogens is 1. The van der Waals surface area contributed by atoms with Crippen molar-refractivity contribution < 1.29 is 0 Å². The third-order valence-electron chi connectivity index (χ3n) is 2.25. The number of aromatic amines is 1. The molecule has 2 aromatic rings. The van der Waals surface area contributed by atoms with E-state index in [1.165, 1.54) is 0 Å². The molecule has 4 heteroatoms. The first-order chi connectivity index (χ1) is 7.25. The second-order valence-electron chi connectivity index (χ2n) is 3.52. The van der Waals surface area contributed by atoms with Gasteiger partial charge in [0.15, 0.2) is 0 Å². The standard InChI is InChI=1S/C11H14N4/c1-8-3-4-11(9(2)14-8)12-7-10-5-6-13-15-10/h3-6,12H,7H2,1-2H3,(H,13,15). The molecular weight excluding hydrogens is 188 g/mol. The van der Waals surface area contributed by atoms with E-state index in [1.807, 2.05) is 32.0 Å². The first kappa shape index (κ1) is 9.71. The van der Waals surface area contributed by atoms with Gasteiger partial charge >= 0.3 is 0 Å². The Morgan fingerprint density at radius 2 is 2.13 bits per heavy atom. The third kappa shape index (κ3) is 2.34. The van der Waals surface area contributed by atoms with Crippen LogP contribution in [0.4, 0.5) is 5.69 Å². The highest BCUT2D eigenvalue weighted by molar-refractivity contribution is 5.47. The molecule has 2 aromatic heterocycles. The summed E-state index contributed by atoms with van der Waals surface area (Å²) in [5, 5.41) is 10.1. The number of hydrogen-bond donors (Lipinski definition) is 2. The van der Waals surface area contributed by atoms with Crippen molar-refractivity contribution in [2.24, 2.45) is 0 Å². The van der Waals surface area contributed by atoms with Crippen molar-refractivity contribution in [2.75, 3.05) is 5.32 Å². The lowest BCUT2D eigenvalue weighted by molar-refractivity contribution is 0.975. The van der Waals surface area contributed by atoms with Crippen LogP contribution in [0.15, 0.2) is 24.4 Å². The molecule has 0 spiro atoms. The van der Waals surface area contributed by atoms with E-state index >= 15 is 0 Å². The van der Waals surface area contributed by atoms with Gasteiger partial charge in [0.2, 0.25) is 0 Å². The smallest absolute Gasteiger partial charge is 0.0607 e. The normalized spacial score (nSPS) is 10.3. The fourth-order valence-electron chi connectivity index (χ4n) is 1.45. The van der Waals surface area contributed by atoms with E-state index in [1.54, 1.807) is 6.20 Å². The van der Waals surface area contributed by atoms with Crippen LogP contribution in [-0.2, 0) is 6.54 Å². The summed E-state index contributed by atoms with van der Waals surface area (Å²) in [6, 6.07) is 6.00. The highest BCUT2D eigenvalue weighted by atomic mass is 15.1. The summed E-state index contributed by atoms with van der Waals surface area (Å²) in [5.74, 6) is 0. The van der Waals surface area contributed by atoms with Crippen LogP contribution < -0.4 is 5.32 Å². The summed E-state index contributed by atoms with van der Waals surface area (Å²) in [7, 11) is 0. The average molecular weight is 202 g/mol. The van der Waals surface area contributed by atoms with Crippen molar-refractivity contribution >= 4 is 5.69 Å². The number of hydrogen-bond acceptors (Lipinski definition) is 3. The molecule has 0 unspecified atom stereocenters. The number of rotatable bonds is 3. The van der Waals surface area contributed by atoms with Crippen molar-refractivity contribution in [3.8, 4) is 0 Å². The minimum absolute atomic E-state index is 0.742. The van der Waals surface area contributed by atoms with E-state index in [2.05, 4.69) is 20.5 Å². The SMILES string of the molecule is Cc1ccc(NCc2ccn[nH]2)c(C)n1. The van der Waals surface area contributed by atoms with Crippen LogP contribution in [-0.4, -0.2) is 15.2 Å². The molecule has 2 rings (SSSR count). The molecule has 0 atom stereocenters. The number of anilines is 1. The van der Waals surface area contributed by atoms with E-state index in [9.17, 15) is 0 Å². The van der Waals surface area contributed by atoms with E-state index in [4.69, 9.17) is 0 Å². The van der Waals surface area contributed by atoms with Crippen molar-refractivity contribution in [2.45, 2.75) is 20.4 Å². The quantitative estimate of drug-likeness (QED) is 0.800. The summed E-state index contributed by atoms with van der Waals surface area (Å²) in [5.41, 5.74) is 4.19. The molecule has 0 radical (unpaired) electrons. The molecule has 0 bridgehead atoms. The Labute approximate surface area is 88.8 Å². The minimum Gasteiger partial charge on any atom is -0.378 e. The van der Waals surface area contributed by atoms with Gasteiger partial charge in [-0.25, -0.2) is 0 Å². The maximum Gasteiger partial charge on any atom is 0.0607 e. The highest BCUT2D eigenvalue weighted by Crippen LogP contribution is 2.13. The summed E-state index contributed by atoms with van der Waals surface area (Å²) in [6.45, 7) is 4.74. The summed E-state index contributed by atoms with van der Waals surface area (Å²) in [4.78, 5) is 4.39. The van der Waals surface area contributed by atoms with Gasteiger partial charge in [-0.2, -0.15) is 5.10 Å². The van der Waals surface area contributed by atoms with Gasteiger partial charge in [0.05, 0.1) is 23.6 Å². The minimum atomic E-state index is 0.742. The van der Waals surface area contributed by atoms with Crippen molar-refractivity contribution in [3.63, 3.8) is 0 Å². The van der Waals surface area contributed by atoms with Gasteiger partial charge in [0.1, 0.15) is 0 Å². The summed E-state index contributed by atoms with van der Waals surface area (Å²) < 4.78 is 0. The molecule has 0 aromatic carbocycles. The zero-order valence-electron chi connectivity index (χ0n) is 8.91. The van der Waals surface area contributed by atoms with Gasteiger partial charge in [-0.3, -0.25) is 10.1 Å². The van der Waals surface area contributed by atoms with Crippen LogP contribution in [0.3, 0.4) is 0 Å². The Hall–Kier alpha value is -1.84. The largest absolute Gasteiger partial charge is 0.378 e. The molecule has 4 nitrogen and oxygen atoms in total. The zero-order valence-corrected chi connectivity index (χ0v) is 8.91. The van der Waals surface area contributed by atoms with Crippen molar-refractivity contribution in [1.29, 1.82) is 0 Å². The first-order valence-corrected chi connectivity index (χ1v) is 4.92. The Bertz CT molecular complexity index is 434. The Morgan fingerprint density at radius 1 is 1.27 bits per heavy atom. The van der Waals surface area contributed by atoms with Gasteiger partial charge in [-0.05, 0) is 32.0 Å². The summed E-state index contributed by atoms with van der Waals surface area (Å²) >= 11 is 0. The van der Waals surface area contributed by atoms with Crippen LogP contribution in [0.25, 0.3) is 0 Å². The molecule has 0 fully saturated rings. The van der Waals surface area contributed by atoms with Gasteiger partial charge < -0.3 is 5.32 Å². The number of aromatic nitrogens is 3. The fraction of sp³-hybridized carbons (Fsp3) is 0.273. The molecule has 15 heavy (non-hydrogen) atoms. The topological polar surface area (TPSA) is 53.6 Å². The molecule has 2 heterocycles. The van der Waals surface area contributed by atoms with Crippen LogP contribution >= 0.6 is 0 Å². The molecule has 0 saturated carbocycles. The number of nitrogens with zero attached hydrogens (tertiary/aromatic N) is 2. The molecule has 2 N–H and O–H groups in total. The first-order valence-electron chi connectivity index (χ1n) is 4.92. The molecular formula is C11H14N4. The number of aryl methyl sites for hydroxylation is 2. The number of nitrogens with one attached hydrogen (secondary N) is 2. The summed E-state index contributed by atoms with van der Waals surface area (Å²) in [6.07, 6.45) is 1.75. The van der Waals surface area contributed by atoms with E-state index < -0.39 is 0 Å². The van der Waals surface area contributed by atoms with E-state index in [0.29, 0.717) is 0 Å². The van der Waals surface area contributed by atoms with Crippen LogP contribution in [0.5, 0.6) is 0 Å². The maximum absolute atomic E-state index is 4.39. The second-order valence-corrected chi connectivity index (χ2v) is 3.52. The lowest BCUT2D eigenvalue weighted by atomic mass is 10.2. The van der Waals surface area contributed by atoms with Gasteiger partial charge in [-0.15, -0.1) is 0 Å². The van der Waals surface area contributed by atoms with Gasteiger partial charge in [0, 0.05) is 11.9 Å². The highest BCUT2D eigenvalue weighted by Gasteiger charge is 1.99. The lowest BCUT2D eigenvalue weighted by Gasteiger charge is -2.07. The Balaban J connectivity index is 2.05. The van der Waals surface area contributed by atoms with E-state index in [-0.39, 0.29) is 0 Å². The molecule has 0 aliphatic rings. The molecule has 0 saturated heterocycles. The molecule has 0 aliphatic carbocycles. The van der Waals surface area contributed by atoms with Crippen molar-refractivity contribution in [1.82, 2.24) is 15.2 Å². The van der Waals surface area contributed by atoms with E-state index in [0.717, 1.165) is 29.3 Å². The average Bonchev–Trinajstić information content (AvgIpc) is 2.69. The lowest BCUT2D eigenvalue weighted by Crippen LogP contribution is -2.02. The van der Waals surface area contributed by atoms with Crippen LogP contribution in [0.2, 0.25) is 0 Å². The number of pyridine rings is 1. The Kier molecular flexibility index (Phi) is 2.67. The second kappa shape index (κ2) is 4.13. The monoisotopic (exact) mass is 202 g/mol. The fourth-order valence-corrected chi connectivity index (χ4v) is 1.45. The zero-order chi connectivity index (χ0) is 10.7. The Morgan fingerprint density at radius 3 is 2.80 bits per heavy atom. The molecule has 78 valence electrons.